The van der Waals surface area contributed by atoms with E-state index in [0.29, 0.717) is 0 Å². The topological polar surface area (TPSA) is 81.7 Å². The minimum Gasteiger partial charge on any atom is -0.466 e. The summed E-state index contributed by atoms with van der Waals surface area (Å²) in [5.74, 6) is -0.755. The summed E-state index contributed by atoms with van der Waals surface area (Å²) < 4.78 is 9.90. The molecule has 0 aromatic heterocycles. The summed E-state index contributed by atoms with van der Waals surface area (Å²) in [7, 11) is 0. The normalized spacial score (nSPS) is 12.7. The molecule has 0 unspecified atom stereocenters. The van der Waals surface area contributed by atoms with Gasteiger partial charge in [-0.25, -0.2) is 4.79 Å². The molecule has 21 heavy (non-hydrogen) atoms. The second-order valence-corrected chi connectivity index (χ2v) is 6.22. The lowest BCUT2D eigenvalue weighted by Gasteiger charge is -2.25. The van der Waals surface area contributed by atoms with Crippen LogP contribution in [0, 0.1) is 5.92 Å². The van der Waals surface area contributed by atoms with Gasteiger partial charge in [0.1, 0.15) is 17.8 Å². The molecule has 0 aliphatic carbocycles. The van der Waals surface area contributed by atoms with Crippen molar-refractivity contribution in [2.45, 2.75) is 66.0 Å². The first-order chi connectivity index (χ1) is 9.55. The predicted molar refractivity (Wildman–Crippen MR) is 78.9 cm³/mol. The zero-order chi connectivity index (χ0) is 16.6. The number of ketones is 1. The molecule has 1 N–H and O–H groups in total. The Morgan fingerprint density at radius 2 is 1.71 bits per heavy atom. The number of nitrogens with one attached hydrogen (secondary N) is 1. The molecule has 1 amide bonds. The quantitative estimate of drug-likeness (QED) is 0.577. The van der Waals surface area contributed by atoms with E-state index in [1.54, 1.807) is 27.7 Å². The molecule has 0 radical (unpaired) electrons. The highest BCUT2D eigenvalue weighted by Gasteiger charge is 2.24. The summed E-state index contributed by atoms with van der Waals surface area (Å²) >= 11 is 0. The standard InChI is InChI=1S/C15H27NO5/c1-7-20-13(18)9-11(17)8-12(10(2)3)16-14(19)21-15(4,5)6/h10,12H,7-9H2,1-6H3,(H,16,19)/t12-/m1/s1. The number of ether oxygens (including phenoxy) is 2. The number of carbonyl (C=O) groups excluding carboxylic acids is 3. The summed E-state index contributed by atoms with van der Waals surface area (Å²) in [5, 5.41) is 2.68. The fourth-order valence-electron chi connectivity index (χ4n) is 1.60. The van der Waals surface area contributed by atoms with E-state index in [1.807, 2.05) is 13.8 Å². The predicted octanol–water partition coefficient (Wildman–Crippen LogP) is 2.45. The number of amides is 1. The Labute approximate surface area is 126 Å². The van der Waals surface area contributed by atoms with Crippen molar-refractivity contribution < 1.29 is 23.9 Å². The zero-order valence-corrected chi connectivity index (χ0v) is 13.8. The van der Waals surface area contributed by atoms with Gasteiger partial charge in [-0.05, 0) is 33.6 Å². The minimum atomic E-state index is -0.597. The van der Waals surface area contributed by atoms with Gasteiger partial charge >= 0.3 is 12.1 Å². The monoisotopic (exact) mass is 301 g/mol. The lowest BCUT2D eigenvalue weighted by atomic mass is 9.98. The van der Waals surface area contributed by atoms with E-state index in [1.165, 1.54) is 0 Å². The van der Waals surface area contributed by atoms with E-state index in [0.717, 1.165) is 0 Å². The highest BCUT2D eigenvalue weighted by molar-refractivity contribution is 5.95. The van der Waals surface area contributed by atoms with E-state index in [-0.39, 0.29) is 37.2 Å². The van der Waals surface area contributed by atoms with Crippen molar-refractivity contribution in [3.8, 4) is 0 Å². The number of rotatable bonds is 7. The van der Waals surface area contributed by atoms with Gasteiger partial charge in [0.15, 0.2) is 0 Å². The average Bonchev–Trinajstić information content (AvgIpc) is 2.25. The number of hydrogen-bond donors (Lipinski definition) is 1. The molecule has 0 aromatic carbocycles. The van der Waals surface area contributed by atoms with E-state index in [9.17, 15) is 14.4 Å². The highest BCUT2D eigenvalue weighted by atomic mass is 16.6. The fourth-order valence-corrected chi connectivity index (χ4v) is 1.60. The molecule has 0 heterocycles. The molecule has 0 fully saturated rings. The van der Waals surface area contributed by atoms with Crippen molar-refractivity contribution in [2.24, 2.45) is 5.92 Å². The number of Topliss-reactive ketones (excluding diaryl/α,β-unsaturated/α-hetero) is 1. The molecule has 1 atom stereocenters. The molecule has 0 aliphatic rings. The molecule has 0 spiro atoms. The molecule has 0 aliphatic heterocycles. The zero-order valence-electron chi connectivity index (χ0n) is 13.8. The molecule has 0 rings (SSSR count). The number of carbonyl (C=O) groups is 3. The van der Waals surface area contributed by atoms with E-state index in [4.69, 9.17) is 9.47 Å². The first-order valence-corrected chi connectivity index (χ1v) is 7.22. The van der Waals surface area contributed by atoms with Crippen LogP contribution in [0.4, 0.5) is 4.79 Å². The van der Waals surface area contributed by atoms with Crippen molar-refractivity contribution in [1.29, 1.82) is 0 Å². The third kappa shape index (κ3) is 9.87. The highest BCUT2D eigenvalue weighted by Crippen LogP contribution is 2.11. The van der Waals surface area contributed by atoms with Crippen molar-refractivity contribution in [3.05, 3.63) is 0 Å². The minimum absolute atomic E-state index is 0.0451. The molecular formula is C15H27NO5. The van der Waals surface area contributed by atoms with Gasteiger partial charge in [0.25, 0.3) is 0 Å². The number of alkyl carbamates (subject to hydrolysis) is 1. The van der Waals surface area contributed by atoms with Crippen LogP contribution < -0.4 is 5.32 Å². The average molecular weight is 301 g/mol. The maximum absolute atomic E-state index is 11.8. The molecule has 0 aromatic rings. The largest absolute Gasteiger partial charge is 0.466 e. The van der Waals surface area contributed by atoms with Crippen LogP contribution >= 0.6 is 0 Å². The van der Waals surface area contributed by atoms with Gasteiger partial charge in [0, 0.05) is 12.5 Å². The third-order valence-electron chi connectivity index (χ3n) is 2.60. The van der Waals surface area contributed by atoms with Crippen LogP contribution in [0.15, 0.2) is 0 Å². The Morgan fingerprint density at radius 3 is 2.14 bits per heavy atom. The first kappa shape index (κ1) is 19.4. The SMILES string of the molecule is CCOC(=O)CC(=O)C[C@@H](NC(=O)OC(C)(C)C)C(C)C. The van der Waals surface area contributed by atoms with Crippen LogP contribution in [0.1, 0.15) is 54.4 Å². The van der Waals surface area contributed by atoms with Gasteiger partial charge in [0.05, 0.1) is 6.61 Å². The summed E-state index contributed by atoms with van der Waals surface area (Å²) in [5.41, 5.74) is -0.597. The second-order valence-electron chi connectivity index (χ2n) is 6.22. The van der Waals surface area contributed by atoms with Gasteiger partial charge < -0.3 is 14.8 Å². The van der Waals surface area contributed by atoms with Crippen LogP contribution in [0.2, 0.25) is 0 Å². The molecule has 0 saturated carbocycles. The second kappa shape index (κ2) is 8.64. The Kier molecular flexibility index (Phi) is 7.99. The van der Waals surface area contributed by atoms with Crippen LogP contribution in [0.3, 0.4) is 0 Å². The summed E-state index contributed by atoms with van der Waals surface area (Å²) in [6.45, 7) is 11.0. The number of esters is 1. The van der Waals surface area contributed by atoms with Gasteiger partial charge in [0.2, 0.25) is 0 Å². The maximum atomic E-state index is 11.8. The lowest BCUT2D eigenvalue weighted by Crippen LogP contribution is -2.43. The fraction of sp³-hybridized carbons (Fsp3) is 0.800. The van der Waals surface area contributed by atoms with E-state index >= 15 is 0 Å². The Balaban J connectivity index is 4.46. The molecule has 6 nitrogen and oxygen atoms in total. The summed E-state index contributed by atoms with van der Waals surface area (Å²) in [6, 6.07) is -0.373. The molecule has 0 bridgehead atoms. The van der Waals surface area contributed by atoms with Crippen LogP contribution in [-0.2, 0) is 19.1 Å². The van der Waals surface area contributed by atoms with Crippen LogP contribution in [0.5, 0.6) is 0 Å². The van der Waals surface area contributed by atoms with Gasteiger partial charge in [-0.2, -0.15) is 0 Å². The van der Waals surface area contributed by atoms with Gasteiger partial charge in [-0.1, -0.05) is 13.8 Å². The summed E-state index contributed by atoms with van der Waals surface area (Å²) in [4.78, 5) is 34.8. The van der Waals surface area contributed by atoms with Crippen molar-refractivity contribution in [3.63, 3.8) is 0 Å². The Morgan fingerprint density at radius 1 is 1.14 bits per heavy atom. The van der Waals surface area contributed by atoms with Gasteiger partial charge in [-0.15, -0.1) is 0 Å². The molecular weight excluding hydrogens is 274 g/mol. The van der Waals surface area contributed by atoms with Crippen molar-refractivity contribution in [1.82, 2.24) is 5.32 Å². The summed E-state index contributed by atoms with van der Waals surface area (Å²) in [6.07, 6.45) is -0.756. The van der Waals surface area contributed by atoms with Crippen molar-refractivity contribution in [2.75, 3.05) is 6.61 Å². The smallest absolute Gasteiger partial charge is 0.407 e. The first-order valence-electron chi connectivity index (χ1n) is 7.22. The van der Waals surface area contributed by atoms with Crippen LogP contribution in [-0.4, -0.2) is 36.1 Å². The third-order valence-corrected chi connectivity index (χ3v) is 2.60. The van der Waals surface area contributed by atoms with Crippen molar-refractivity contribution >= 4 is 17.8 Å². The molecule has 6 heteroatoms. The Hall–Kier alpha value is -1.59. The van der Waals surface area contributed by atoms with Crippen LogP contribution in [0.25, 0.3) is 0 Å². The van der Waals surface area contributed by atoms with Gasteiger partial charge in [-0.3, -0.25) is 9.59 Å². The molecule has 122 valence electrons. The van der Waals surface area contributed by atoms with E-state index < -0.39 is 17.7 Å². The maximum Gasteiger partial charge on any atom is 0.407 e. The number of hydrogen-bond acceptors (Lipinski definition) is 5. The Bertz CT molecular complexity index is 371. The van der Waals surface area contributed by atoms with E-state index in [2.05, 4.69) is 5.32 Å². The lowest BCUT2D eigenvalue weighted by molar-refractivity contribution is -0.145. The molecule has 0 saturated heterocycles.